The van der Waals surface area contributed by atoms with Crippen LogP contribution in [0.2, 0.25) is 0 Å². The van der Waals surface area contributed by atoms with Crippen molar-refractivity contribution in [1.29, 1.82) is 0 Å². The number of nitrogens with zero attached hydrogens (tertiary/aromatic N) is 3. The summed E-state index contributed by atoms with van der Waals surface area (Å²) in [5, 5.41) is 11.5. The Balaban J connectivity index is 2.00. The van der Waals surface area contributed by atoms with E-state index in [9.17, 15) is 4.79 Å². The van der Waals surface area contributed by atoms with Crippen molar-refractivity contribution in [3.8, 4) is 0 Å². The van der Waals surface area contributed by atoms with Crippen molar-refractivity contribution in [2.45, 2.75) is 51.7 Å². The molecular formula is C18H27N5OS. The van der Waals surface area contributed by atoms with E-state index in [-0.39, 0.29) is 17.7 Å². The normalized spacial score (nSPS) is 12.6. The molecule has 25 heavy (non-hydrogen) atoms. The number of nitrogens with one attached hydrogen (secondary N) is 1. The fourth-order valence-corrected chi connectivity index (χ4v) is 3.23. The molecule has 0 aliphatic rings. The highest BCUT2D eigenvalue weighted by molar-refractivity contribution is 7.99. The summed E-state index contributed by atoms with van der Waals surface area (Å²) >= 11 is 1.28. The summed E-state index contributed by atoms with van der Waals surface area (Å²) in [7, 11) is 0. The van der Waals surface area contributed by atoms with Crippen LogP contribution >= 0.6 is 11.8 Å². The Morgan fingerprint density at radius 1 is 1.16 bits per heavy atom. The number of nitrogens with two attached hydrogens (primary N) is 1. The number of thioether (sulfide) groups is 1. The van der Waals surface area contributed by atoms with Crippen LogP contribution in [-0.2, 0) is 4.79 Å². The van der Waals surface area contributed by atoms with Gasteiger partial charge >= 0.3 is 0 Å². The van der Waals surface area contributed by atoms with E-state index in [1.165, 1.54) is 22.0 Å². The van der Waals surface area contributed by atoms with Crippen LogP contribution in [0.4, 0.5) is 0 Å². The molecular weight excluding hydrogens is 334 g/mol. The van der Waals surface area contributed by atoms with E-state index in [4.69, 9.17) is 5.84 Å². The first-order chi connectivity index (χ1) is 11.8. The number of carbonyl (C=O) groups excluding carboxylic acids is 1. The third-order valence-electron chi connectivity index (χ3n) is 4.11. The van der Waals surface area contributed by atoms with Gasteiger partial charge in [-0.3, -0.25) is 4.79 Å². The Bertz CT molecular complexity index is 709. The highest BCUT2D eigenvalue weighted by atomic mass is 32.2. The van der Waals surface area contributed by atoms with E-state index in [0.717, 1.165) is 5.56 Å². The number of carbonyl (C=O) groups is 1. The number of aryl methyl sites for hydroxylation is 1. The van der Waals surface area contributed by atoms with E-state index in [0.29, 0.717) is 22.8 Å². The van der Waals surface area contributed by atoms with Gasteiger partial charge in [-0.25, -0.2) is 4.68 Å². The minimum Gasteiger partial charge on any atom is -0.348 e. The average Bonchev–Trinajstić information content (AvgIpc) is 2.89. The molecule has 1 amide bonds. The van der Waals surface area contributed by atoms with Gasteiger partial charge in [0.15, 0.2) is 0 Å². The van der Waals surface area contributed by atoms with Crippen molar-refractivity contribution in [2.24, 2.45) is 5.92 Å². The second-order valence-electron chi connectivity index (χ2n) is 6.80. The van der Waals surface area contributed by atoms with Crippen LogP contribution in [0.3, 0.4) is 0 Å². The first-order valence-corrected chi connectivity index (χ1v) is 9.47. The second-order valence-corrected chi connectivity index (χ2v) is 7.74. The summed E-state index contributed by atoms with van der Waals surface area (Å²) in [6.45, 7) is 10.3. The first kappa shape index (κ1) is 19.3. The van der Waals surface area contributed by atoms with Crippen LogP contribution in [0.25, 0.3) is 0 Å². The lowest BCUT2D eigenvalue weighted by atomic mass is 9.93. The van der Waals surface area contributed by atoms with Gasteiger partial charge < -0.3 is 11.2 Å². The van der Waals surface area contributed by atoms with Gasteiger partial charge in [-0.1, -0.05) is 63.7 Å². The molecule has 2 aromatic rings. The maximum absolute atomic E-state index is 12.4. The molecule has 1 heterocycles. The highest BCUT2D eigenvalue weighted by Crippen LogP contribution is 2.24. The van der Waals surface area contributed by atoms with Crippen molar-refractivity contribution >= 4 is 17.7 Å². The fourth-order valence-electron chi connectivity index (χ4n) is 2.52. The van der Waals surface area contributed by atoms with Gasteiger partial charge in [-0.2, -0.15) is 0 Å². The van der Waals surface area contributed by atoms with Gasteiger partial charge in [0.05, 0.1) is 11.8 Å². The molecule has 7 heteroatoms. The third kappa shape index (κ3) is 4.98. The van der Waals surface area contributed by atoms with Gasteiger partial charge in [0.2, 0.25) is 11.1 Å². The van der Waals surface area contributed by atoms with Gasteiger partial charge in [0.25, 0.3) is 0 Å². The molecule has 1 atom stereocenters. The lowest BCUT2D eigenvalue weighted by Crippen LogP contribution is -2.33. The van der Waals surface area contributed by atoms with E-state index in [2.05, 4.69) is 67.5 Å². The molecule has 1 aromatic carbocycles. The Labute approximate surface area is 153 Å². The smallest absolute Gasteiger partial charge is 0.230 e. The molecule has 2 rings (SSSR count). The molecule has 0 radical (unpaired) electrons. The zero-order chi connectivity index (χ0) is 18.6. The summed E-state index contributed by atoms with van der Waals surface area (Å²) in [6.07, 6.45) is 0. The highest BCUT2D eigenvalue weighted by Gasteiger charge is 2.19. The van der Waals surface area contributed by atoms with Crippen LogP contribution < -0.4 is 11.2 Å². The lowest BCUT2D eigenvalue weighted by Gasteiger charge is -2.23. The van der Waals surface area contributed by atoms with E-state index in [1.54, 1.807) is 6.92 Å². The molecule has 6 nitrogen and oxygen atoms in total. The van der Waals surface area contributed by atoms with Gasteiger partial charge in [0, 0.05) is 0 Å². The zero-order valence-electron chi connectivity index (χ0n) is 15.5. The van der Waals surface area contributed by atoms with Crippen molar-refractivity contribution in [3.05, 3.63) is 41.2 Å². The van der Waals surface area contributed by atoms with E-state index >= 15 is 0 Å². The Morgan fingerprint density at radius 2 is 1.76 bits per heavy atom. The SMILES string of the molecule is Cc1nnc(SCC(=O)N[C@H](c2ccc(C(C)C)cc2)C(C)C)n1N. The number of hydrogen-bond acceptors (Lipinski definition) is 5. The average molecular weight is 362 g/mol. The quantitative estimate of drug-likeness (QED) is 0.585. The molecule has 0 aliphatic carbocycles. The maximum atomic E-state index is 12.4. The molecule has 3 N–H and O–H groups in total. The molecule has 136 valence electrons. The third-order valence-corrected chi connectivity index (χ3v) is 5.06. The number of benzene rings is 1. The van der Waals surface area contributed by atoms with E-state index < -0.39 is 0 Å². The Morgan fingerprint density at radius 3 is 2.24 bits per heavy atom. The Kier molecular flexibility index (Phi) is 6.47. The summed E-state index contributed by atoms with van der Waals surface area (Å²) in [5.41, 5.74) is 2.42. The molecule has 0 aliphatic heterocycles. The van der Waals surface area contributed by atoms with E-state index in [1.807, 2.05) is 0 Å². The molecule has 0 spiro atoms. The number of nitrogen functional groups attached to an aromatic ring is 1. The molecule has 0 fully saturated rings. The zero-order valence-corrected chi connectivity index (χ0v) is 16.3. The van der Waals surface area contributed by atoms with Crippen molar-refractivity contribution in [3.63, 3.8) is 0 Å². The first-order valence-electron chi connectivity index (χ1n) is 8.48. The van der Waals surface area contributed by atoms with Crippen LogP contribution in [0.5, 0.6) is 0 Å². The predicted molar refractivity (Wildman–Crippen MR) is 102 cm³/mol. The largest absolute Gasteiger partial charge is 0.348 e. The minimum absolute atomic E-state index is 0.0215. The number of hydrogen-bond donors (Lipinski definition) is 2. The van der Waals surface area contributed by atoms with Crippen LogP contribution in [0, 0.1) is 12.8 Å². The van der Waals surface area contributed by atoms with Crippen molar-refractivity contribution in [1.82, 2.24) is 20.2 Å². The topological polar surface area (TPSA) is 85.8 Å². The lowest BCUT2D eigenvalue weighted by molar-refractivity contribution is -0.119. The molecule has 0 bridgehead atoms. The number of rotatable bonds is 7. The summed E-state index contributed by atoms with van der Waals surface area (Å²) in [6, 6.07) is 8.46. The van der Waals surface area contributed by atoms with Crippen molar-refractivity contribution < 1.29 is 4.79 Å². The standard InChI is InChI=1S/C18H27N5OS/c1-11(2)14-6-8-15(9-7-14)17(12(3)4)20-16(24)10-25-18-22-21-13(5)23(18)19/h6-9,11-12,17H,10,19H2,1-5H3,(H,20,24)/t17-/m0/s1. The van der Waals surface area contributed by atoms with Gasteiger partial charge in [-0.05, 0) is 29.9 Å². The molecule has 0 unspecified atom stereocenters. The van der Waals surface area contributed by atoms with Crippen molar-refractivity contribution in [2.75, 3.05) is 11.6 Å². The predicted octanol–water partition coefficient (Wildman–Crippen LogP) is 3.03. The minimum atomic E-state index is -0.0442. The van der Waals surface area contributed by atoms with Crippen LogP contribution in [0.1, 0.15) is 56.6 Å². The number of aromatic nitrogens is 3. The van der Waals surface area contributed by atoms with Gasteiger partial charge in [-0.15, -0.1) is 10.2 Å². The summed E-state index contributed by atoms with van der Waals surface area (Å²) in [4.78, 5) is 12.4. The number of amides is 1. The van der Waals surface area contributed by atoms with Crippen LogP contribution in [0.15, 0.2) is 29.4 Å². The van der Waals surface area contributed by atoms with Crippen LogP contribution in [-0.4, -0.2) is 26.5 Å². The van der Waals surface area contributed by atoms with Gasteiger partial charge in [0.1, 0.15) is 5.82 Å². The monoisotopic (exact) mass is 361 g/mol. The summed E-state index contributed by atoms with van der Waals surface area (Å²) < 4.78 is 1.39. The molecule has 1 aromatic heterocycles. The molecule has 0 saturated carbocycles. The Hall–Kier alpha value is -2.02. The second kappa shape index (κ2) is 8.38. The molecule has 0 saturated heterocycles. The maximum Gasteiger partial charge on any atom is 0.230 e. The fraction of sp³-hybridized carbons (Fsp3) is 0.500. The summed E-state index contributed by atoms with van der Waals surface area (Å²) in [5.74, 6) is 7.42.